The number of benzene rings is 2. The van der Waals surface area contributed by atoms with E-state index in [2.05, 4.69) is 10.0 Å². The molecule has 0 saturated heterocycles. The normalized spacial score (nSPS) is 12.3. The summed E-state index contributed by atoms with van der Waals surface area (Å²) in [6.45, 7) is 5.73. The fourth-order valence-corrected chi connectivity index (χ4v) is 3.09. The zero-order valence-electron chi connectivity index (χ0n) is 15.4. The van der Waals surface area contributed by atoms with Crippen LogP contribution < -0.4 is 14.8 Å². The second kappa shape index (κ2) is 8.23. The summed E-state index contributed by atoms with van der Waals surface area (Å²) in [5.41, 5.74) is 3.47. The van der Waals surface area contributed by atoms with Gasteiger partial charge in [0.05, 0.1) is 12.3 Å². The van der Waals surface area contributed by atoms with Crippen molar-refractivity contribution in [2.45, 2.75) is 26.8 Å². The lowest BCUT2D eigenvalue weighted by Crippen LogP contribution is -2.31. The number of sulfonamides is 1. The van der Waals surface area contributed by atoms with Crippen LogP contribution in [0.1, 0.15) is 29.7 Å². The van der Waals surface area contributed by atoms with Gasteiger partial charge in [0.25, 0.3) is 5.91 Å². The van der Waals surface area contributed by atoms with Crippen molar-refractivity contribution in [3.05, 3.63) is 59.2 Å². The van der Waals surface area contributed by atoms with Crippen LogP contribution in [0.3, 0.4) is 0 Å². The molecule has 0 aliphatic carbocycles. The third-order valence-corrected chi connectivity index (χ3v) is 4.39. The zero-order chi connectivity index (χ0) is 19.3. The third-order valence-electron chi connectivity index (χ3n) is 3.78. The number of hydrogen-bond donors (Lipinski definition) is 2. The first kappa shape index (κ1) is 19.8. The van der Waals surface area contributed by atoms with Crippen LogP contribution in [-0.2, 0) is 14.8 Å². The van der Waals surface area contributed by atoms with E-state index in [0.717, 1.165) is 22.9 Å². The van der Waals surface area contributed by atoms with Crippen LogP contribution in [0, 0.1) is 13.8 Å². The summed E-state index contributed by atoms with van der Waals surface area (Å²) in [6, 6.07) is 12.4. The number of ether oxygens (including phenoxy) is 1. The average molecular weight is 376 g/mol. The molecule has 0 radical (unpaired) electrons. The smallest absolute Gasteiger partial charge is 0.258 e. The molecule has 0 aromatic heterocycles. The van der Waals surface area contributed by atoms with Crippen molar-refractivity contribution in [1.29, 1.82) is 0 Å². The third kappa shape index (κ3) is 6.07. The van der Waals surface area contributed by atoms with Crippen LogP contribution in [0.4, 0.5) is 5.69 Å². The van der Waals surface area contributed by atoms with Gasteiger partial charge >= 0.3 is 0 Å². The first-order chi connectivity index (χ1) is 12.1. The Morgan fingerprint density at radius 2 is 1.77 bits per heavy atom. The fourth-order valence-electron chi connectivity index (χ4n) is 2.52. The summed E-state index contributed by atoms with van der Waals surface area (Å²) in [6.07, 6.45) is 1.10. The van der Waals surface area contributed by atoms with E-state index in [-0.39, 0.29) is 18.6 Å². The number of carbonyl (C=O) groups excluding carboxylic acids is 1. The van der Waals surface area contributed by atoms with Gasteiger partial charge in [0.1, 0.15) is 5.75 Å². The Morgan fingerprint density at radius 3 is 2.35 bits per heavy atom. The lowest BCUT2D eigenvalue weighted by atomic mass is 10.1. The second-order valence-corrected chi connectivity index (χ2v) is 8.09. The molecule has 0 aliphatic heterocycles. The van der Waals surface area contributed by atoms with Crippen molar-refractivity contribution in [3.63, 3.8) is 0 Å². The predicted octanol–water partition coefficient (Wildman–Crippen LogP) is 2.93. The quantitative estimate of drug-likeness (QED) is 0.778. The Kier molecular flexibility index (Phi) is 6.26. The number of amides is 1. The minimum Gasteiger partial charge on any atom is -0.484 e. The molecular weight excluding hydrogens is 352 g/mol. The number of rotatable bonds is 7. The van der Waals surface area contributed by atoms with Crippen molar-refractivity contribution in [2.24, 2.45) is 0 Å². The molecule has 0 unspecified atom stereocenters. The molecular formula is C19H24N2O4S. The van der Waals surface area contributed by atoms with Gasteiger partial charge in [-0.3, -0.25) is 9.52 Å². The molecule has 26 heavy (non-hydrogen) atoms. The topological polar surface area (TPSA) is 84.5 Å². The minimum absolute atomic E-state index is 0.0675. The molecule has 7 heteroatoms. The Bertz CT molecular complexity index is 877. The molecule has 0 fully saturated rings. The highest BCUT2D eigenvalue weighted by molar-refractivity contribution is 7.92. The molecule has 2 aromatic rings. The van der Waals surface area contributed by atoms with E-state index in [9.17, 15) is 13.2 Å². The molecule has 1 atom stereocenters. The molecule has 0 bridgehead atoms. The van der Waals surface area contributed by atoms with Crippen molar-refractivity contribution >= 4 is 21.6 Å². The number of aryl methyl sites for hydroxylation is 2. The van der Waals surface area contributed by atoms with Gasteiger partial charge in [-0.2, -0.15) is 0 Å². The van der Waals surface area contributed by atoms with Gasteiger partial charge in [-0.05, 0) is 50.1 Å². The fraction of sp³-hybridized carbons (Fsp3) is 0.316. The lowest BCUT2D eigenvalue weighted by molar-refractivity contribution is -0.123. The molecule has 6 nitrogen and oxygen atoms in total. The molecule has 2 rings (SSSR count). The highest BCUT2D eigenvalue weighted by Crippen LogP contribution is 2.19. The highest BCUT2D eigenvalue weighted by atomic mass is 32.2. The molecule has 140 valence electrons. The molecule has 0 aliphatic rings. The predicted molar refractivity (Wildman–Crippen MR) is 103 cm³/mol. The summed E-state index contributed by atoms with van der Waals surface area (Å²) in [5, 5.41) is 2.86. The molecule has 0 saturated carbocycles. The van der Waals surface area contributed by atoms with Crippen LogP contribution in [0.25, 0.3) is 0 Å². The number of carbonyl (C=O) groups is 1. The minimum atomic E-state index is -3.31. The van der Waals surface area contributed by atoms with E-state index in [1.807, 2.05) is 39.0 Å². The summed E-state index contributed by atoms with van der Waals surface area (Å²) in [7, 11) is -3.31. The van der Waals surface area contributed by atoms with Crippen molar-refractivity contribution in [1.82, 2.24) is 5.32 Å². The molecule has 2 N–H and O–H groups in total. The number of nitrogens with one attached hydrogen (secondary N) is 2. The van der Waals surface area contributed by atoms with Gasteiger partial charge in [0.2, 0.25) is 10.0 Å². The monoisotopic (exact) mass is 376 g/mol. The Hall–Kier alpha value is -2.54. The molecule has 1 amide bonds. The summed E-state index contributed by atoms with van der Waals surface area (Å²) < 4.78 is 30.4. The van der Waals surface area contributed by atoms with Gasteiger partial charge < -0.3 is 10.1 Å². The second-order valence-electron chi connectivity index (χ2n) is 6.34. The number of anilines is 1. The summed E-state index contributed by atoms with van der Waals surface area (Å²) in [5.74, 6) is 0.463. The van der Waals surface area contributed by atoms with E-state index < -0.39 is 10.0 Å². The van der Waals surface area contributed by atoms with Crippen LogP contribution in [0.15, 0.2) is 42.5 Å². The largest absolute Gasteiger partial charge is 0.484 e. The van der Waals surface area contributed by atoms with Gasteiger partial charge in [-0.15, -0.1) is 0 Å². The lowest BCUT2D eigenvalue weighted by Gasteiger charge is -2.16. The average Bonchev–Trinajstić information content (AvgIpc) is 2.53. The van der Waals surface area contributed by atoms with E-state index in [0.29, 0.717) is 11.4 Å². The van der Waals surface area contributed by atoms with E-state index in [1.54, 1.807) is 24.3 Å². The van der Waals surface area contributed by atoms with E-state index in [1.165, 1.54) is 0 Å². The van der Waals surface area contributed by atoms with Crippen molar-refractivity contribution in [3.8, 4) is 5.75 Å². The first-order valence-corrected chi connectivity index (χ1v) is 10.1. The summed E-state index contributed by atoms with van der Waals surface area (Å²) in [4.78, 5) is 12.1. The van der Waals surface area contributed by atoms with Gasteiger partial charge in [-0.25, -0.2) is 8.42 Å². The summed E-state index contributed by atoms with van der Waals surface area (Å²) >= 11 is 0. The Morgan fingerprint density at radius 1 is 1.12 bits per heavy atom. The van der Waals surface area contributed by atoms with Gasteiger partial charge in [0, 0.05) is 5.69 Å². The number of hydrogen-bond acceptors (Lipinski definition) is 4. The Labute approximate surface area is 154 Å². The maximum atomic E-state index is 12.1. The van der Waals surface area contributed by atoms with Gasteiger partial charge in [-0.1, -0.05) is 29.8 Å². The SMILES string of the molecule is Cc1ccc(OCC(=O)N[C@@H](C)c2ccc(NS(C)(=O)=O)cc2)c(C)c1. The van der Waals surface area contributed by atoms with E-state index >= 15 is 0 Å². The Balaban J connectivity index is 1.90. The highest BCUT2D eigenvalue weighted by Gasteiger charge is 2.11. The van der Waals surface area contributed by atoms with Crippen LogP contribution in [-0.4, -0.2) is 27.2 Å². The van der Waals surface area contributed by atoms with E-state index in [4.69, 9.17) is 4.74 Å². The van der Waals surface area contributed by atoms with Crippen LogP contribution in [0.2, 0.25) is 0 Å². The standard InChI is InChI=1S/C19H24N2O4S/c1-13-5-10-18(14(2)11-13)25-12-19(22)20-15(3)16-6-8-17(9-7-16)21-26(4,23)24/h5-11,15,21H,12H2,1-4H3,(H,20,22)/t15-/m0/s1. The molecule has 2 aromatic carbocycles. The van der Waals surface area contributed by atoms with Crippen LogP contribution >= 0.6 is 0 Å². The molecule has 0 spiro atoms. The maximum Gasteiger partial charge on any atom is 0.258 e. The van der Waals surface area contributed by atoms with Crippen molar-refractivity contribution in [2.75, 3.05) is 17.6 Å². The van der Waals surface area contributed by atoms with Gasteiger partial charge in [0.15, 0.2) is 6.61 Å². The molecule has 0 heterocycles. The van der Waals surface area contributed by atoms with Crippen molar-refractivity contribution < 1.29 is 17.9 Å². The maximum absolute atomic E-state index is 12.1. The zero-order valence-corrected chi connectivity index (χ0v) is 16.2. The van der Waals surface area contributed by atoms with Crippen LogP contribution in [0.5, 0.6) is 5.75 Å². The first-order valence-electron chi connectivity index (χ1n) is 8.21.